The molecule has 1 aliphatic rings. The highest BCUT2D eigenvalue weighted by Gasteiger charge is 2.14. The van der Waals surface area contributed by atoms with Crippen LogP contribution in [0.4, 0.5) is 5.82 Å². The number of aromatic nitrogens is 3. The first-order chi connectivity index (χ1) is 11.2. The van der Waals surface area contributed by atoms with Crippen molar-refractivity contribution in [1.82, 2.24) is 14.4 Å². The monoisotopic (exact) mass is 304 g/mol. The van der Waals surface area contributed by atoms with Crippen LogP contribution in [0.3, 0.4) is 0 Å². The Labute approximate surface area is 133 Å². The van der Waals surface area contributed by atoms with E-state index in [1.54, 1.807) is 16.5 Å². The van der Waals surface area contributed by atoms with Crippen molar-refractivity contribution < 1.29 is 5.11 Å². The molecule has 0 amide bonds. The third-order valence-corrected chi connectivity index (χ3v) is 4.17. The van der Waals surface area contributed by atoms with Crippen LogP contribution < -0.4 is 5.73 Å². The fraction of sp³-hybridized carbons (Fsp3) is 0.222. The predicted octanol–water partition coefficient (Wildman–Crippen LogP) is 2.84. The van der Waals surface area contributed by atoms with Gasteiger partial charge in [0.2, 0.25) is 5.78 Å². The second-order valence-electron chi connectivity index (χ2n) is 5.79. The van der Waals surface area contributed by atoms with Crippen LogP contribution in [0.15, 0.2) is 36.7 Å². The highest BCUT2D eigenvalue weighted by atomic mass is 16.3. The first-order valence-corrected chi connectivity index (χ1v) is 7.66. The summed E-state index contributed by atoms with van der Waals surface area (Å²) in [6.45, 7) is 0. The van der Waals surface area contributed by atoms with Gasteiger partial charge in [0, 0.05) is 23.9 Å². The van der Waals surface area contributed by atoms with E-state index in [0.717, 1.165) is 0 Å². The summed E-state index contributed by atoms with van der Waals surface area (Å²) < 4.78 is 1.79. The molecule has 2 heterocycles. The number of imidazole rings is 1. The molecule has 1 aliphatic carbocycles. The molecule has 5 nitrogen and oxygen atoms in total. The van der Waals surface area contributed by atoms with Gasteiger partial charge in [-0.1, -0.05) is 30.4 Å². The summed E-state index contributed by atoms with van der Waals surface area (Å²) in [5, 5.41) is 9.96. The predicted molar refractivity (Wildman–Crippen MR) is 88.7 cm³/mol. The second-order valence-corrected chi connectivity index (χ2v) is 5.79. The van der Waals surface area contributed by atoms with Crippen LogP contribution in [0.2, 0.25) is 0 Å². The van der Waals surface area contributed by atoms with E-state index >= 15 is 0 Å². The van der Waals surface area contributed by atoms with Gasteiger partial charge >= 0.3 is 0 Å². The first kappa shape index (κ1) is 13.6. The summed E-state index contributed by atoms with van der Waals surface area (Å²) in [6, 6.07) is 7.09. The van der Waals surface area contributed by atoms with E-state index in [9.17, 15) is 5.11 Å². The molecule has 3 aromatic rings. The maximum Gasteiger partial charge on any atom is 0.236 e. The molecule has 3 N–H and O–H groups in total. The van der Waals surface area contributed by atoms with Gasteiger partial charge < -0.3 is 10.8 Å². The number of benzene rings is 1. The van der Waals surface area contributed by atoms with E-state index in [4.69, 9.17) is 5.73 Å². The molecule has 0 unspecified atom stereocenters. The molecule has 1 fully saturated rings. The molecule has 0 spiro atoms. The number of phenolic OH excluding ortho intramolecular Hbond substituents is 1. The van der Waals surface area contributed by atoms with E-state index in [2.05, 4.69) is 21.8 Å². The highest BCUT2D eigenvalue weighted by molar-refractivity contribution is 5.68. The molecule has 2 aromatic heterocycles. The quantitative estimate of drug-likeness (QED) is 0.678. The van der Waals surface area contributed by atoms with Gasteiger partial charge in [0.25, 0.3) is 0 Å². The Kier molecular flexibility index (Phi) is 3.16. The Bertz CT molecular complexity index is 945. The van der Waals surface area contributed by atoms with E-state index in [1.807, 2.05) is 24.5 Å². The number of fused-ring (bicyclic) bond motifs is 1. The second kappa shape index (κ2) is 5.33. The van der Waals surface area contributed by atoms with Crippen molar-refractivity contribution in [2.75, 3.05) is 5.73 Å². The first-order valence-electron chi connectivity index (χ1n) is 7.66. The maximum absolute atomic E-state index is 9.96. The largest absolute Gasteiger partial charge is 0.507 e. The SMILES string of the molecule is Nc1nc2nc(-c3ccccc3O)cn2cc1C#CC1CCC1. The van der Waals surface area contributed by atoms with Crippen LogP contribution >= 0.6 is 0 Å². The van der Waals surface area contributed by atoms with Crippen molar-refractivity contribution in [1.29, 1.82) is 0 Å². The molecule has 0 bridgehead atoms. The van der Waals surface area contributed by atoms with Gasteiger partial charge in [0.15, 0.2) is 0 Å². The number of nitrogens with two attached hydrogens (primary N) is 1. The number of rotatable bonds is 1. The van der Waals surface area contributed by atoms with Gasteiger partial charge in [0.1, 0.15) is 11.6 Å². The highest BCUT2D eigenvalue weighted by Crippen LogP contribution is 2.28. The van der Waals surface area contributed by atoms with Crippen molar-refractivity contribution in [3.63, 3.8) is 0 Å². The van der Waals surface area contributed by atoms with Gasteiger partial charge in [-0.15, -0.1) is 0 Å². The third-order valence-electron chi connectivity index (χ3n) is 4.17. The van der Waals surface area contributed by atoms with Crippen LogP contribution in [0.5, 0.6) is 5.75 Å². The topological polar surface area (TPSA) is 76.4 Å². The van der Waals surface area contributed by atoms with Crippen LogP contribution in [0.1, 0.15) is 24.8 Å². The van der Waals surface area contributed by atoms with E-state index in [0.29, 0.717) is 34.3 Å². The molecule has 0 saturated heterocycles. The molecular weight excluding hydrogens is 288 g/mol. The van der Waals surface area contributed by atoms with E-state index < -0.39 is 0 Å². The Morgan fingerprint density at radius 1 is 1.17 bits per heavy atom. The molecule has 0 radical (unpaired) electrons. The molecular formula is C18H16N4O. The molecule has 5 heteroatoms. The van der Waals surface area contributed by atoms with Gasteiger partial charge in [-0.3, -0.25) is 4.40 Å². The Balaban J connectivity index is 1.76. The normalized spacial score (nSPS) is 14.3. The smallest absolute Gasteiger partial charge is 0.236 e. The Hall–Kier alpha value is -3.00. The minimum atomic E-state index is 0.189. The number of nitrogens with zero attached hydrogens (tertiary/aromatic N) is 3. The van der Waals surface area contributed by atoms with E-state index in [1.165, 1.54) is 19.3 Å². The molecule has 4 rings (SSSR count). The lowest BCUT2D eigenvalue weighted by molar-refractivity contribution is 0.401. The summed E-state index contributed by atoms with van der Waals surface area (Å²) in [5.41, 5.74) is 8.02. The number of hydrogen-bond acceptors (Lipinski definition) is 4. The minimum absolute atomic E-state index is 0.189. The fourth-order valence-electron chi connectivity index (χ4n) is 2.58. The van der Waals surface area contributed by atoms with Crippen LogP contribution in [0.25, 0.3) is 17.0 Å². The van der Waals surface area contributed by atoms with Crippen molar-refractivity contribution in [2.24, 2.45) is 5.92 Å². The molecule has 114 valence electrons. The zero-order valence-electron chi connectivity index (χ0n) is 12.5. The molecule has 0 aliphatic heterocycles. The zero-order valence-corrected chi connectivity index (χ0v) is 12.5. The lowest BCUT2D eigenvalue weighted by atomic mass is 9.86. The standard InChI is InChI=1S/C18H16N4O/c19-17-13(9-8-12-4-3-5-12)10-22-11-15(20-18(22)21-17)14-6-1-2-7-16(14)23/h1-2,6-7,10-12,23H,3-5H2,(H2,19,20,21). The number of anilines is 1. The summed E-state index contributed by atoms with van der Waals surface area (Å²) in [5.74, 6) is 7.94. The van der Waals surface area contributed by atoms with Gasteiger partial charge in [-0.05, 0) is 25.0 Å². The lowest BCUT2D eigenvalue weighted by Gasteiger charge is -2.18. The van der Waals surface area contributed by atoms with Crippen LogP contribution in [-0.2, 0) is 0 Å². The number of para-hydroxylation sites is 1. The lowest BCUT2D eigenvalue weighted by Crippen LogP contribution is -2.08. The Morgan fingerprint density at radius 3 is 2.74 bits per heavy atom. The fourth-order valence-corrected chi connectivity index (χ4v) is 2.58. The van der Waals surface area contributed by atoms with Gasteiger partial charge in [-0.2, -0.15) is 4.98 Å². The number of hydrogen-bond donors (Lipinski definition) is 2. The average Bonchev–Trinajstić information content (AvgIpc) is 2.88. The van der Waals surface area contributed by atoms with Crippen LogP contribution in [0, 0.1) is 17.8 Å². The minimum Gasteiger partial charge on any atom is -0.507 e. The van der Waals surface area contributed by atoms with Crippen molar-refractivity contribution in [2.45, 2.75) is 19.3 Å². The van der Waals surface area contributed by atoms with Gasteiger partial charge in [0.05, 0.1) is 11.3 Å². The Morgan fingerprint density at radius 2 is 2.00 bits per heavy atom. The van der Waals surface area contributed by atoms with Crippen molar-refractivity contribution >= 4 is 11.6 Å². The molecule has 23 heavy (non-hydrogen) atoms. The summed E-state index contributed by atoms with van der Waals surface area (Å²) in [6.07, 6.45) is 7.28. The third kappa shape index (κ3) is 2.49. The number of nitrogen functional groups attached to an aromatic ring is 1. The van der Waals surface area contributed by atoms with Crippen LogP contribution in [-0.4, -0.2) is 19.5 Å². The van der Waals surface area contributed by atoms with Gasteiger partial charge in [-0.25, -0.2) is 4.98 Å². The number of aromatic hydroxyl groups is 1. The zero-order chi connectivity index (χ0) is 15.8. The van der Waals surface area contributed by atoms with Crippen molar-refractivity contribution in [3.05, 3.63) is 42.2 Å². The summed E-state index contributed by atoms with van der Waals surface area (Å²) in [7, 11) is 0. The molecule has 1 aromatic carbocycles. The molecule has 0 atom stereocenters. The van der Waals surface area contributed by atoms with Crippen molar-refractivity contribution in [3.8, 4) is 28.8 Å². The number of phenols is 1. The summed E-state index contributed by atoms with van der Waals surface area (Å²) in [4.78, 5) is 8.75. The maximum atomic E-state index is 9.96. The average molecular weight is 304 g/mol. The molecule has 1 saturated carbocycles. The van der Waals surface area contributed by atoms with E-state index in [-0.39, 0.29) is 5.75 Å². The summed E-state index contributed by atoms with van der Waals surface area (Å²) >= 11 is 0.